The van der Waals surface area contributed by atoms with Crippen molar-refractivity contribution >= 4 is 25.9 Å². The zero-order valence-corrected chi connectivity index (χ0v) is 52.5. The number of aryl methyl sites for hydroxylation is 3. The van der Waals surface area contributed by atoms with E-state index < -0.39 is 118 Å². The van der Waals surface area contributed by atoms with Gasteiger partial charge in [-0.05, 0) is 128 Å². The third-order valence-corrected chi connectivity index (χ3v) is 15.9. The maximum absolute atomic E-state index is 14.6. The molecule has 7 N–H and O–H groups in total. The molecule has 98 heavy (non-hydrogen) atoms. The molecular formula is C63H58F12N12O10P+. The Balaban J connectivity index is 1.16. The van der Waals surface area contributed by atoms with Crippen LogP contribution >= 0.6 is 8.17 Å². The minimum atomic E-state index is -5.28. The van der Waals surface area contributed by atoms with Crippen LogP contribution in [0.1, 0.15) is 116 Å². The zero-order chi connectivity index (χ0) is 71.0. The van der Waals surface area contributed by atoms with Gasteiger partial charge < -0.3 is 31.3 Å². The molecule has 0 bridgehead atoms. The molecule has 0 fully saturated rings. The normalized spacial score (nSPS) is 12.2. The molecule has 0 aliphatic rings. The number of halogens is 12. The number of aliphatic hydroxyl groups excluding tert-OH is 3. The van der Waals surface area contributed by atoms with Crippen LogP contribution in [0.2, 0.25) is 0 Å². The van der Waals surface area contributed by atoms with Crippen molar-refractivity contribution in [3.63, 3.8) is 0 Å². The number of nitrogens with zero attached hydrogens (tertiary/aromatic N) is 9. The molecular weight excluding hydrogens is 1340 g/mol. The summed E-state index contributed by atoms with van der Waals surface area (Å²) in [4.78, 5) is 68.3. The standard InChI is InChI=1S/C63H57F12N12O10P/c1-34-55(58(91)79-10-13-88)52(85(82-34)49-4-7-76-46(28-49)22-37-16-40(61(67,68)69)25-43(64)19-37)31-95-98(94,96-32-53-56(59(92)80-11-14-89)35(2)83-86(53)50-5-8-77-47(29-50)23-38-17-41(62(70,71)72)26-44(65)20-38)97-33-54-57(60(93)81-12-15-90)36(3)84-87(54)51-6-9-78-48(30-51)24-39-18-42(63(73,74)75)27-45(66)21-39/h4-9,16-21,25-30,88-90,94H,10-15,22-24,31-33H2,1-3H3,(H2-,79,80,81,91,92,93)/p+1. The van der Waals surface area contributed by atoms with E-state index in [2.05, 4.69) is 46.2 Å². The predicted octanol–water partition coefficient (Wildman–Crippen LogP) is 9.39. The van der Waals surface area contributed by atoms with Crippen molar-refractivity contribution < 1.29 is 101 Å². The largest absolute Gasteiger partial charge is 0.573 e. The molecule has 0 saturated heterocycles. The minimum absolute atomic E-state index is 0.0262. The zero-order valence-electron chi connectivity index (χ0n) is 51.6. The SMILES string of the molecule is Cc1nn(-c2ccnc(Cc3cc(F)cc(C(F)(F)F)c3)c2)c(CO[P+](O)(OCc2c(C(=O)NCCO)c(C)nn2-c2ccnc(Cc3cc(F)cc(C(F)(F)F)c3)c2)OCc2c(C(=O)NCCO)c(C)nn2-c2ccnc(Cc3cc(F)cc(C(F)(F)F)c3)c2)c1C(=O)NCCO. The average molecular weight is 1400 g/mol. The topological polar surface area (TPSA) is 288 Å². The van der Waals surface area contributed by atoms with Crippen molar-refractivity contribution in [3.8, 4) is 17.1 Å². The van der Waals surface area contributed by atoms with Crippen LogP contribution in [0.3, 0.4) is 0 Å². The lowest BCUT2D eigenvalue weighted by Crippen LogP contribution is -2.28. The Hall–Kier alpha value is -9.54. The molecule has 9 aromatic rings. The quantitative estimate of drug-likeness (QED) is 0.0186. The summed E-state index contributed by atoms with van der Waals surface area (Å²) < 4.78 is 190. The molecule has 0 spiro atoms. The van der Waals surface area contributed by atoms with Crippen LogP contribution in [0.5, 0.6) is 0 Å². The Morgan fingerprint density at radius 1 is 0.439 bits per heavy atom. The number of benzene rings is 3. The second kappa shape index (κ2) is 30.5. The summed E-state index contributed by atoms with van der Waals surface area (Å²) >= 11 is 0. The van der Waals surface area contributed by atoms with Gasteiger partial charge in [0.25, 0.3) is 17.7 Å². The Labute approximate surface area is 548 Å². The van der Waals surface area contributed by atoms with Crippen molar-refractivity contribution in [1.29, 1.82) is 0 Å². The number of hydrogen-bond acceptors (Lipinski definition) is 16. The first-order valence-electron chi connectivity index (χ1n) is 29.3. The lowest BCUT2D eigenvalue weighted by molar-refractivity contribution is -0.138. The molecule has 3 amide bonds. The van der Waals surface area contributed by atoms with E-state index in [9.17, 15) is 87.3 Å². The van der Waals surface area contributed by atoms with E-state index in [1.807, 2.05) is 0 Å². The van der Waals surface area contributed by atoms with Gasteiger partial charge in [-0.15, -0.1) is 13.6 Å². The second-order valence-electron chi connectivity index (χ2n) is 21.8. The van der Waals surface area contributed by atoms with Crippen LogP contribution in [-0.4, -0.2) is 122 Å². The van der Waals surface area contributed by atoms with Crippen molar-refractivity contribution in [2.75, 3.05) is 39.5 Å². The van der Waals surface area contributed by atoms with Crippen LogP contribution in [0.4, 0.5) is 52.7 Å². The molecule has 0 aliphatic carbocycles. The first-order chi connectivity index (χ1) is 46.3. The monoisotopic (exact) mass is 1400 g/mol. The molecule has 0 radical (unpaired) electrons. The smallest absolute Gasteiger partial charge is 0.395 e. The van der Waals surface area contributed by atoms with Gasteiger partial charge in [-0.3, -0.25) is 29.3 Å². The number of alkyl halides is 9. The summed E-state index contributed by atoms with van der Waals surface area (Å²) in [5.74, 6) is -6.20. The van der Waals surface area contributed by atoms with E-state index in [0.717, 1.165) is 50.4 Å². The molecule has 518 valence electrons. The first-order valence-corrected chi connectivity index (χ1v) is 30.8. The minimum Gasteiger partial charge on any atom is -0.395 e. The molecule has 6 heterocycles. The van der Waals surface area contributed by atoms with Crippen LogP contribution < -0.4 is 16.0 Å². The summed E-state index contributed by atoms with van der Waals surface area (Å²) in [5.41, 5.74) is -5.45. The lowest BCUT2D eigenvalue weighted by Gasteiger charge is -2.18. The lowest BCUT2D eigenvalue weighted by atomic mass is 10.0. The Morgan fingerprint density at radius 3 is 0.949 bits per heavy atom. The predicted molar refractivity (Wildman–Crippen MR) is 323 cm³/mol. The molecule has 0 saturated carbocycles. The van der Waals surface area contributed by atoms with Crippen molar-refractivity contribution in [1.82, 2.24) is 60.2 Å². The van der Waals surface area contributed by atoms with Crippen LogP contribution in [0.15, 0.2) is 110 Å². The number of amides is 3. The highest BCUT2D eigenvalue weighted by Crippen LogP contribution is 2.60. The number of carbonyl (C=O) groups excluding carboxylic acids is 3. The number of aromatic nitrogens is 9. The fourth-order valence-corrected chi connectivity index (χ4v) is 11.5. The molecule has 3 aromatic carbocycles. The van der Waals surface area contributed by atoms with Crippen molar-refractivity contribution in [2.24, 2.45) is 0 Å². The van der Waals surface area contributed by atoms with E-state index in [1.54, 1.807) is 0 Å². The molecule has 6 aromatic heterocycles. The van der Waals surface area contributed by atoms with E-state index in [0.29, 0.717) is 18.2 Å². The summed E-state index contributed by atoms with van der Waals surface area (Å²) in [5, 5.41) is 50.4. The molecule has 0 atom stereocenters. The summed E-state index contributed by atoms with van der Waals surface area (Å²) in [6.07, 6.45) is -12.2. The number of pyridine rings is 3. The van der Waals surface area contributed by atoms with Crippen LogP contribution in [-0.2, 0) is 71.2 Å². The van der Waals surface area contributed by atoms with Gasteiger partial charge in [-0.25, -0.2) is 27.2 Å². The molecule has 0 unspecified atom stereocenters. The van der Waals surface area contributed by atoms with Gasteiger partial charge in [0.05, 0.1) is 104 Å². The molecule has 0 aliphatic heterocycles. The Morgan fingerprint density at radius 2 is 0.704 bits per heavy atom. The highest BCUT2D eigenvalue weighted by molar-refractivity contribution is 7.55. The average Bonchev–Trinajstić information content (AvgIpc) is 1.64. The molecule has 22 nitrogen and oxygen atoms in total. The third-order valence-electron chi connectivity index (χ3n) is 14.6. The highest BCUT2D eigenvalue weighted by Gasteiger charge is 2.48. The van der Waals surface area contributed by atoms with E-state index in [4.69, 9.17) is 13.6 Å². The van der Waals surface area contributed by atoms with Crippen molar-refractivity contribution in [3.05, 3.63) is 228 Å². The van der Waals surface area contributed by atoms with Crippen LogP contribution in [0.25, 0.3) is 17.1 Å². The highest BCUT2D eigenvalue weighted by atomic mass is 31.2. The maximum Gasteiger partial charge on any atom is 0.573 e. The van der Waals surface area contributed by atoms with E-state index in [1.165, 1.54) is 75.8 Å². The number of nitrogens with one attached hydrogen (secondary N) is 3. The van der Waals surface area contributed by atoms with Crippen LogP contribution in [0, 0.1) is 38.2 Å². The summed E-state index contributed by atoms with van der Waals surface area (Å²) in [7, 11) is -5.28. The van der Waals surface area contributed by atoms with Gasteiger partial charge >= 0.3 is 26.7 Å². The van der Waals surface area contributed by atoms with E-state index >= 15 is 0 Å². The summed E-state index contributed by atoms with van der Waals surface area (Å²) in [6, 6.07) is 13.8. The number of carbonyl (C=O) groups is 3. The van der Waals surface area contributed by atoms with Gasteiger partial charge in [0.15, 0.2) is 0 Å². The number of rotatable bonds is 27. The first kappa shape index (κ1) is 72.7. The molecule has 9 rings (SSSR count). The Kier molecular flexibility index (Phi) is 22.6. The van der Waals surface area contributed by atoms with Crippen molar-refractivity contribution in [2.45, 2.75) is 78.4 Å². The fourth-order valence-electron chi connectivity index (χ4n) is 10.4. The maximum atomic E-state index is 14.6. The number of hydrogen-bond donors (Lipinski definition) is 7. The van der Waals surface area contributed by atoms with E-state index in [-0.39, 0.29) is 141 Å². The van der Waals surface area contributed by atoms with Gasteiger partial charge in [-0.1, -0.05) is 0 Å². The number of aliphatic hydroxyl groups is 3. The fraction of sp³-hybridized carbons (Fsp3) is 0.286. The second-order valence-corrected chi connectivity index (χ2v) is 23.5. The van der Waals surface area contributed by atoms with Gasteiger partial charge in [0.1, 0.15) is 37.3 Å². The molecule has 35 heteroatoms. The summed E-state index contributed by atoms with van der Waals surface area (Å²) in [6.45, 7) is -1.34. The third kappa shape index (κ3) is 17.8. The van der Waals surface area contributed by atoms with Gasteiger partial charge in [-0.2, -0.15) is 59.7 Å². The van der Waals surface area contributed by atoms with Gasteiger partial charge in [0, 0.05) is 74.6 Å². The Bertz CT molecular complexity index is 3980. The van der Waals surface area contributed by atoms with Gasteiger partial charge in [0.2, 0.25) is 0 Å².